The summed E-state index contributed by atoms with van der Waals surface area (Å²) in [5.74, 6) is 2.20. The van der Waals surface area contributed by atoms with E-state index in [4.69, 9.17) is 15.2 Å². The van der Waals surface area contributed by atoms with Crippen LogP contribution in [0.15, 0.2) is 66.9 Å². The Bertz CT molecular complexity index is 984. The molecule has 1 saturated heterocycles. The van der Waals surface area contributed by atoms with E-state index in [-0.39, 0.29) is 5.88 Å². The lowest BCUT2D eigenvalue weighted by atomic mass is 9.92. The fraction of sp³-hybridized carbons (Fsp3) is 0.250. The SMILES string of the molecule is NC(=O)c1cc(CC2CCCNC2)cnc1Oc1ccc(Oc2ccccc2)cc1. The molecule has 1 atom stereocenters. The van der Waals surface area contributed by atoms with Crippen molar-refractivity contribution >= 4 is 5.91 Å². The Hall–Kier alpha value is -3.38. The molecule has 6 heteroatoms. The van der Waals surface area contributed by atoms with Crippen LogP contribution in [0.4, 0.5) is 0 Å². The molecule has 0 saturated carbocycles. The molecule has 2 aromatic carbocycles. The van der Waals surface area contributed by atoms with Crippen LogP contribution in [0.2, 0.25) is 0 Å². The molecule has 0 bridgehead atoms. The smallest absolute Gasteiger partial charge is 0.254 e. The van der Waals surface area contributed by atoms with Crippen molar-refractivity contribution < 1.29 is 14.3 Å². The number of para-hydroxylation sites is 1. The zero-order valence-electron chi connectivity index (χ0n) is 16.7. The van der Waals surface area contributed by atoms with Gasteiger partial charge in [-0.2, -0.15) is 0 Å². The molecule has 1 fully saturated rings. The molecule has 1 aliphatic rings. The molecule has 1 amide bonds. The molecule has 0 spiro atoms. The normalized spacial score (nSPS) is 16.1. The first-order valence-electron chi connectivity index (χ1n) is 10.2. The van der Waals surface area contributed by atoms with Gasteiger partial charge in [-0.15, -0.1) is 0 Å². The highest BCUT2D eigenvalue weighted by molar-refractivity contribution is 5.95. The number of amides is 1. The van der Waals surface area contributed by atoms with E-state index in [1.807, 2.05) is 30.3 Å². The third kappa shape index (κ3) is 5.15. The van der Waals surface area contributed by atoms with E-state index in [1.165, 1.54) is 12.8 Å². The van der Waals surface area contributed by atoms with Gasteiger partial charge in [0.2, 0.25) is 5.88 Å². The quantitative estimate of drug-likeness (QED) is 0.614. The average Bonchev–Trinajstić information content (AvgIpc) is 2.77. The number of nitrogens with zero attached hydrogens (tertiary/aromatic N) is 1. The number of carbonyl (C=O) groups excluding carboxylic acids is 1. The molecule has 3 aromatic rings. The Kier molecular flexibility index (Phi) is 6.25. The van der Waals surface area contributed by atoms with Crippen LogP contribution in [-0.2, 0) is 6.42 Å². The van der Waals surface area contributed by atoms with Gasteiger partial charge in [0.15, 0.2) is 0 Å². The fourth-order valence-corrected chi connectivity index (χ4v) is 3.61. The molecule has 1 unspecified atom stereocenters. The van der Waals surface area contributed by atoms with Crippen molar-refractivity contribution in [1.82, 2.24) is 10.3 Å². The first kappa shape index (κ1) is 19.9. The number of nitrogens with one attached hydrogen (secondary N) is 1. The van der Waals surface area contributed by atoms with Crippen LogP contribution < -0.4 is 20.5 Å². The Morgan fingerprint density at radius 1 is 1.03 bits per heavy atom. The van der Waals surface area contributed by atoms with Crippen molar-refractivity contribution in [3.8, 4) is 23.1 Å². The van der Waals surface area contributed by atoms with Gasteiger partial charge in [0.05, 0.1) is 0 Å². The number of hydrogen-bond acceptors (Lipinski definition) is 5. The Morgan fingerprint density at radius 2 is 1.73 bits per heavy atom. The molecule has 1 aromatic heterocycles. The van der Waals surface area contributed by atoms with Crippen molar-refractivity contribution in [3.63, 3.8) is 0 Å². The van der Waals surface area contributed by atoms with E-state index >= 15 is 0 Å². The summed E-state index contributed by atoms with van der Waals surface area (Å²) in [6.45, 7) is 2.06. The van der Waals surface area contributed by atoms with Crippen molar-refractivity contribution in [1.29, 1.82) is 0 Å². The highest BCUT2D eigenvalue weighted by atomic mass is 16.5. The summed E-state index contributed by atoms with van der Waals surface area (Å²) >= 11 is 0. The van der Waals surface area contributed by atoms with Gasteiger partial charge >= 0.3 is 0 Å². The molecule has 6 nitrogen and oxygen atoms in total. The summed E-state index contributed by atoms with van der Waals surface area (Å²) in [4.78, 5) is 16.4. The number of piperidine rings is 1. The van der Waals surface area contributed by atoms with Gasteiger partial charge in [-0.1, -0.05) is 18.2 Å². The van der Waals surface area contributed by atoms with E-state index in [0.29, 0.717) is 23.0 Å². The number of hydrogen-bond donors (Lipinski definition) is 2. The van der Waals surface area contributed by atoms with Crippen LogP contribution in [0.5, 0.6) is 23.1 Å². The van der Waals surface area contributed by atoms with Crippen LogP contribution in [0, 0.1) is 5.92 Å². The Balaban J connectivity index is 1.45. The van der Waals surface area contributed by atoms with Gasteiger partial charge in [0.1, 0.15) is 22.8 Å². The van der Waals surface area contributed by atoms with E-state index < -0.39 is 5.91 Å². The molecule has 2 heterocycles. The van der Waals surface area contributed by atoms with E-state index in [1.54, 1.807) is 36.5 Å². The van der Waals surface area contributed by atoms with Crippen LogP contribution in [-0.4, -0.2) is 24.0 Å². The Labute approximate surface area is 176 Å². The monoisotopic (exact) mass is 403 g/mol. The third-order valence-corrected chi connectivity index (χ3v) is 5.11. The number of primary amides is 1. The predicted octanol–water partition coefficient (Wildman–Crippen LogP) is 4.31. The summed E-state index contributed by atoms with van der Waals surface area (Å²) < 4.78 is 11.6. The van der Waals surface area contributed by atoms with Gasteiger partial charge in [0.25, 0.3) is 5.91 Å². The number of rotatable bonds is 7. The standard InChI is InChI=1S/C24H25N3O3/c25-23(28)22-14-18(13-17-5-4-12-26-15-17)16-27-24(22)30-21-10-8-20(9-11-21)29-19-6-2-1-3-7-19/h1-3,6-11,14,16-17,26H,4-5,12-13,15H2,(H2,25,28). The fourth-order valence-electron chi connectivity index (χ4n) is 3.61. The number of benzene rings is 2. The summed E-state index contributed by atoms with van der Waals surface area (Å²) in [7, 11) is 0. The first-order valence-corrected chi connectivity index (χ1v) is 10.2. The van der Waals surface area contributed by atoms with E-state index in [9.17, 15) is 4.79 Å². The average molecular weight is 403 g/mol. The molecular formula is C24H25N3O3. The topological polar surface area (TPSA) is 86.5 Å². The van der Waals surface area contributed by atoms with Gasteiger partial charge in [0, 0.05) is 6.20 Å². The second kappa shape index (κ2) is 9.41. The molecule has 154 valence electrons. The van der Waals surface area contributed by atoms with Crippen LogP contribution >= 0.6 is 0 Å². The third-order valence-electron chi connectivity index (χ3n) is 5.11. The minimum Gasteiger partial charge on any atom is -0.457 e. The number of nitrogens with two attached hydrogens (primary N) is 1. The maximum atomic E-state index is 12.0. The number of pyridine rings is 1. The van der Waals surface area contributed by atoms with E-state index in [2.05, 4.69) is 10.3 Å². The number of ether oxygens (including phenoxy) is 2. The zero-order chi connectivity index (χ0) is 20.8. The second-order valence-corrected chi connectivity index (χ2v) is 7.47. The highest BCUT2D eigenvalue weighted by Gasteiger charge is 2.17. The lowest BCUT2D eigenvalue weighted by Crippen LogP contribution is -2.30. The maximum absolute atomic E-state index is 12.0. The van der Waals surface area contributed by atoms with Crippen LogP contribution in [0.1, 0.15) is 28.8 Å². The molecule has 0 radical (unpaired) electrons. The van der Waals surface area contributed by atoms with Crippen LogP contribution in [0.25, 0.3) is 0 Å². The lowest BCUT2D eigenvalue weighted by Gasteiger charge is -2.22. The minimum atomic E-state index is -0.551. The van der Waals surface area contributed by atoms with Gasteiger partial charge < -0.3 is 20.5 Å². The molecule has 30 heavy (non-hydrogen) atoms. The Morgan fingerprint density at radius 3 is 2.40 bits per heavy atom. The van der Waals surface area contributed by atoms with Crippen molar-refractivity contribution in [2.45, 2.75) is 19.3 Å². The summed E-state index contributed by atoms with van der Waals surface area (Å²) in [5.41, 5.74) is 6.88. The van der Waals surface area contributed by atoms with E-state index in [0.717, 1.165) is 30.8 Å². The molecule has 1 aliphatic heterocycles. The molecule has 3 N–H and O–H groups in total. The minimum absolute atomic E-state index is 0.213. The maximum Gasteiger partial charge on any atom is 0.254 e. The molecule has 0 aliphatic carbocycles. The predicted molar refractivity (Wildman–Crippen MR) is 115 cm³/mol. The van der Waals surface area contributed by atoms with Gasteiger partial charge in [-0.25, -0.2) is 4.98 Å². The number of aromatic nitrogens is 1. The van der Waals surface area contributed by atoms with Crippen molar-refractivity contribution in [2.24, 2.45) is 11.7 Å². The van der Waals surface area contributed by atoms with Crippen molar-refractivity contribution in [3.05, 3.63) is 78.0 Å². The second-order valence-electron chi connectivity index (χ2n) is 7.47. The molecular weight excluding hydrogens is 378 g/mol. The van der Waals surface area contributed by atoms with Crippen molar-refractivity contribution in [2.75, 3.05) is 13.1 Å². The number of carbonyl (C=O) groups is 1. The molecule has 4 rings (SSSR count). The van der Waals surface area contributed by atoms with Gasteiger partial charge in [-0.3, -0.25) is 4.79 Å². The summed E-state index contributed by atoms with van der Waals surface area (Å²) in [5, 5.41) is 3.41. The first-order chi connectivity index (χ1) is 14.7. The largest absolute Gasteiger partial charge is 0.457 e. The van der Waals surface area contributed by atoms with Crippen LogP contribution in [0.3, 0.4) is 0 Å². The lowest BCUT2D eigenvalue weighted by molar-refractivity contribution is 0.0997. The van der Waals surface area contributed by atoms with Gasteiger partial charge in [-0.05, 0) is 86.3 Å². The summed E-state index contributed by atoms with van der Waals surface area (Å²) in [6, 6.07) is 18.5. The summed E-state index contributed by atoms with van der Waals surface area (Å²) in [6.07, 6.45) is 4.98. The zero-order valence-corrected chi connectivity index (χ0v) is 16.7. The highest BCUT2D eigenvalue weighted by Crippen LogP contribution is 2.28.